The number of aromatic nitrogens is 2. The van der Waals surface area contributed by atoms with Gasteiger partial charge in [-0.05, 0) is 43.5 Å². The summed E-state index contributed by atoms with van der Waals surface area (Å²) >= 11 is 6.47. The van der Waals surface area contributed by atoms with Gasteiger partial charge in [0.15, 0.2) is 0 Å². The maximum atomic E-state index is 6.47. The van der Waals surface area contributed by atoms with Crippen molar-refractivity contribution in [2.45, 2.75) is 53.6 Å². The summed E-state index contributed by atoms with van der Waals surface area (Å²) in [5.74, 6) is 0. The van der Waals surface area contributed by atoms with E-state index in [1.165, 1.54) is 16.8 Å². The van der Waals surface area contributed by atoms with Crippen molar-refractivity contribution in [2.75, 3.05) is 0 Å². The van der Waals surface area contributed by atoms with E-state index in [1.54, 1.807) is 0 Å². The van der Waals surface area contributed by atoms with Crippen LogP contribution in [0.25, 0.3) is 5.69 Å². The smallest absolute Gasteiger partial charge is 0.0835 e. The van der Waals surface area contributed by atoms with Crippen molar-refractivity contribution >= 4 is 11.6 Å². The Labute approximate surface area is 132 Å². The van der Waals surface area contributed by atoms with Crippen molar-refractivity contribution in [3.63, 3.8) is 0 Å². The van der Waals surface area contributed by atoms with Crippen molar-refractivity contribution in [2.24, 2.45) is 0 Å². The highest BCUT2D eigenvalue weighted by molar-refractivity contribution is 6.32. The molecule has 0 saturated carbocycles. The Hall–Kier alpha value is -1.32. The average Bonchev–Trinajstić information content (AvgIpc) is 2.71. The van der Waals surface area contributed by atoms with Gasteiger partial charge >= 0.3 is 0 Å². The summed E-state index contributed by atoms with van der Waals surface area (Å²) in [5, 5.41) is 8.78. The quantitative estimate of drug-likeness (QED) is 0.897. The Kier molecular flexibility index (Phi) is 5.07. The Bertz CT molecular complexity index is 629. The van der Waals surface area contributed by atoms with Gasteiger partial charge in [-0.15, -0.1) is 0 Å². The van der Waals surface area contributed by atoms with Crippen molar-refractivity contribution in [1.82, 2.24) is 15.1 Å². The summed E-state index contributed by atoms with van der Waals surface area (Å²) in [6.07, 6.45) is 0.992. The second-order valence-electron chi connectivity index (χ2n) is 5.74. The molecule has 21 heavy (non-hydrogen) atoms. The molecule has 0 saturated heterocycles. The molecule has 0 aliphatic rings. The van der Waals surface area contributed by atoms with Crippen molar-refractivity contribution in [3.8, 4) is 5.69 Å². The predicted octanol–water partition coefficient (Wildman–Crippen LogP) is 4.20. The molecule has 1 N–H and O–H groups in total. The van der Waals surface area contributed by atoms with Gasteiger partial charge < -0.3 is 5.32 Å². The first-order valence-corrected chi connectivity index (χ1v) is 7.89. The average molecular weight is 306 g/mol. The van der Waals surface area contributed by atoms with E-state index in [0.29, 0.717) is 6.04 Å². The van der Waals surface area contributed by atoms with E-state index in [9.17, 15) is 0 Å². The van der Waals surface area contributed by atoms with E-state index in [4.69, 9.17) is 11.6 Å². The van der Waals surface area contributed by atoms with Crippen molar-refractivity contribution < 1.29 is 0 Å². The third-order valence-electron chi connectivity index (χ3n) is 3.75. The zero-order valence-electron chi connectivity index (χ0n) is 13.5. The standard InChI is InChI=1S/C17H24ClN3/c1-6-15-12(4)20-21(13(15)5)17-8-7-14(9-16(17)18)10-19-11(2)3/h7-9,11,19H,6,10H2,1-5H3. The van der Waals surface area contributed by atoms with Crippen LogP contribution >= 0.6 is 11.6 Å². The SMILES string of the molecule is CCc1c(C)nn(-c2ccc(CNC(C)C)cc2Cl)c1C. The predicted molar refractivity (Wildman–Crippen MR) is 89.4 cm³/mol. The van der Waals surface area contributed by atoms with Crippen LogP contribution in [-0.4, -0.2) is 15.8 Å². The fourth-order valence-corrected chi connectivity index (χ4v) is 2.86. The second-order valence-corrected chi connectivity index (χ2v) is 6.14. The van der Waals surface area contributed by atoms with Gasteiger partial charge in [0.05, 0.1) is 16.4 Å². The van der Waals surface area contributed by atoms with Crippen LogP contribution in [-0.2, 0) is 13.0 Å². The highest BCUT2D eigenvalue weighted by Crippen LogP contribution is 2.25. The summed E-state index contributed by atoms with van der Waals surface area (Å²) in [6.45, 7) is 11.4. The molecule has 1 aromatic heterocycles. The normalized spacial score (nSPS) is 11.4. The molecular formula is C17H24ClN3. The summed E-state index contributed by atoms with van der Waals surface area (Å²) in [6, 6.07) is 6.65. The number of aryl methyl sites for hydroxylation is 1. The van der Waals surface area contributed by atoms with Crippen molar-refractivity contribution in [3.05, 3.63) is 45.7 Å². The molecule has 0 amide bonds. The van der Waals surface area contributed by atoms with E-state index >= 15 is 0 Å². The molecular weight excluding hydrogens is 282 g/mol. The molecule has 0 aliphatic carbocycles. The Morgan fingerprint density at radius 3 is 2.52 bits per heavy atom. The summed E-state index contributed by atoms with van der Waals surface area (Å²) in [7, 11) is 0. The van der Waals surface area contributed by atoms with E-state index in [1.807, 2.05) is 10.7 Å². The van der Waals surface area contributed by atoms with Crippen molar-refractivity contribution in [1.29, 1.82) is 0 Å². The minimum absolute atomic E-state index is 0.464. The number of halogens is 1. The fraction of sp³-hybridized carbons (Fsp3) is 0.471. The zero-order valence-corrected chi connectivity index (χ0v) is 14.3. The number of hydrogen-bond donors (Lipinski definition) is 1. The highest BCUT2D eigenvalue weighted by atomic mass is 35.5. The topological polar surface area (TPSA) is 29.9 Å². The lowest BCUT2D eigenvalue weighted by molar-refractivity contribution is 0.589. The van der Waals surface area contributed by atoms with E-state index in [-0.39, 0.29) is 0 Å². The lowest BCUT2D eigenvalue weighted by atomic mass is 10.1. The van der Waals surface area contributed by atoms with Crippen LogP contribution in [0.1, 0.15) is 43.3 Å². The van der Waals surface area contributed by atoms with Gasteiger partial charge in [-0.25, -0.2) is 4.68 Å². The summed E-state index contributed by atoms with van der Waals surface area (Å²) in [5.41, 5.74) is 5.69. The largest absolute Gasteiger partial charge is 0.310 e. The van der Waals surface area contributed by atoms with E-state index < -0.39 is 0 Å². The van der Waals surface area contributed by atoms with Gasteiger partial charge in [-0.2, -0.15) is 5.10 Å². The van der Waals surface area contributed by atoms with E-state index in [0.717, 1.165) is 29.4 Å². The number of nitrogens with one attached hydrogen (secondary N) is 1. The maximum absolute atomic E-state index is 6.47. The zero-order chi connectivity index (χ0) is 15.6. The van der Waals surface area contributed by atoms with Crippen LogP contribution in [0.4, 0.5) is 0 Å². The molecule has 0 unspecified atom stereocenters. The molecule has 2 aromatic rings. The first-order valence-electron chi connectivity index (χ1n) is 7.51. The molecule has 1 aromatic carbocycles. The molecule has 0 spiro atoms. The molecule has 0 fully saturated rings. The molecule has 3 nitrogen and oxygen atoms in total. The first-order chi connectivity index (χ1) is 9.93. The lowest BCUT2D eigenvalue weighted by Crippen LogP contribution is -2.21. The Morgan fingerprint density at radius 2 is 2.00 bits per heavy atom. The maximum Gasteiger partial charge on any atom is 0.0835 e. The molecule has 0 radical (unpaired) electrons. The van der Waals surface area contributed by atoms with Crippen LogP contribution in [0.3, 0.4) is 0 Å². The number of nitrogens with zero attached hydrogens (tertiary/aromatic N) is 2. The minimum atomic E-state index is 0.464. The van der Waals surface area contributed by atoms with E-state index in [2.05, 4.69) is 57.2 Å². The van der Waals surface area contributed by atoms with Gasteiger partial charge in [0, 0.05) is 18.3 Å². The van der Waals surface area contributed by atoms with Crippen LogP contribution in [0.15, 0.2) is 18.2 Å². The van der Waals surface area contributed by atoms with Gasteiger partial charge in [0.2, 0.25) is 0 Å². The van der Waals surface area contributed by atoms with Gasteiger partial charge in [-0.3, -0.25) is 0 Å². The summed E-state index contributed by atoms with van der Waals surface area (Å²) < 4.78 is 1.95. The molecule has 2 rings (SSSR count). The number of benzene rings is 1. The minimum Gasteiger partial charge on any atom is -0.310 e. The van der Waals surface area contributed by atoms with Gasteiger partial charge in [0.25, 0.3) is 0 Å². The Morgan fingerprint density at radius 1 is 1.29 bits per heavy atom. The molecule has 0 bridgehead atoms. The fourth-order valence-electron chi connectivity index (χ4n) is 2.58. The number of rotatable bonds is 5. The molecule has 4 heteroatoms. The monoisotopic (exact) mass is 305 g/mol. The second kappa shape index (κ2) is 6.63. The molecule has 1 heterocycles. The first kappa shape index (κ1) is 16.1. The lowest BCUT2D eigenvalue weighted by Gasteiger charge is -2.11. The van der Waals surface area contributed by atoms with Crippen LogP contribution in [0, 0.1) is 13.8 Å². The molecule has 114 valence electrons. The van der Waals surface area contributed by atoms with Gasteiger partial charge in [0.1, 0.15) is 0 Å². The third kappa shape index (κ3) is 3.47. The van der Waals surface area contributed by atoms with Crippen LogP contribution in [0.5, 0.6) is 0 Å². The Balaban J connectivity index is 2.33. The highest BCUT2D eigenvalue weighted by Gasteiger charge is 2.13. The molecule has 0 atom stereocenters. The van der Waals surface area contributed by atoms with Crippen LogP contribution in [0.2, 0.25) is 5.02 Å². The third-order valence-corrected chi connectivity index (χ3v) is 4.05. The molecule has 0 aliphatic heterocycles. The van der Waals surface area contributed by atoms with Gasteiger partial charge in [-0.1, -0.05) is 38.4 Å². The number of hydrogen-bond acceptors (Lipinski definition) is 2. The van der Waals surface area contributed by atoms with Crippen LogP contribution < -0.4 is 5.32 Å². The summed E-state index contributed by atoms with van der Waals surface area (Å²) in [4.78, 5) is 0.